The molecule has 1 aliphatic rings. The number of halogens is 3. The van der Waals surface area contributed by atoms with Gasteiger partial charge in [-0.2, -0.15) is 0 Å². The largest absolute Gasteiger partial charge is 0.316 e. The zero-order valence-corrected chi connectivity index (χ0v) is 9.00. The molecule has 0 saturated carbocycles. The molecule has 1 fully saturated rings. The third-order valence-corrected chi connectivity index (χ3v) is 3.09. The Morgan fingerprint density at radius 2 is 1.93 bits per heavy atom. The van der Waals surface area contributed by atoms with E-state index in [1.807, 2.05) is 0 Å². The van der Waals surface area contributed by atoms with Gasteiger partial charge in [0.1, 0.15) is 0 Å². The molecular weight excluding hydrogens is 224 g/mol. The number of nitrogens with one attached hydrogen (secondary N) is 1. The molecule has 0 amide bonds. The lowest BCUT2D eigenvalue weighted by Gasteiger charge is -2.10. The van der Waals surface area contributed by atoms with E-state index in [2.05, 4.69) is 5.32 Å². The minimum Gasteiger partial charge on any atom is -0.316 e. The van der Waals surface area contributed by atoms with Gasteiger partial charge in [-0.15, -0.1) is 0 Å². The highest BCUT2D eigenvalue weighted by atomic mass is 35.5. The van der Waals surface area contributed by atoms with E-state index in [9.17, 15) is 4.39 Å². The first kappa shape index (κ1) is 10.2. The summed E-state index contributed by atoms with van der Waals surface area (Å²) in [5.74, 6) is -0.117. The van der Waals surface area contributed by atoms with Crippen molar-refractivity contribution in [3.8, 4) is 0 Å². The lowest BCUT2D eigenvalue weighted by Crippen LogP contribution is -2.08. The number of rotatable bonds is 1. The van der Waals surface area contributed by atoms with Crippen molar-refractivity contribution in [3.05, 3.63) is 33.6 Å². The predicted molar refractivity (Wildman–Crippen MR) is 56.6 cm³/mol. The van der Waals surface area contributed by atoms with Gasteiger partial charge in [-0.3, -0.25) is 0 Å². The van der Waals surface area contributed by atoms with Gasteiger partial charge in [0, 0.05) is 6.54 Å². The van der Waals surface area contributed by atoms with Gasteiger partial charge in [-0.25, -0.2) is 4.39 Å². The highest BCUT2D eigenvalue weighted by molar-refractivity contribution is 6.35. The molecule has 76 valence electrons. The van der Waals surface area contributed by atoms with Crippen LogP contribution in [0.25, 0.3) is 0 Å². The monoisotopic (exact) mass is 233 g/mol. The Bertz CT molecular complexity index is 325. The Kier molecular flexibility index (Phi) is 2.96. The topological polar surface area (TPSA) is 12.0 Å². The van der Waals surface area contributed by atoms with Crippen LogP contribution in [0.3, 0.4) is 0 Å². The average Bonchev–Trinajstić information content (AvgIpc) is 2.66. The second-order valence-corrected chi connectivity index (χ2v) is 4.30. The summed E-state index contributed by atoms with van der Waals surface area (Å²) in [6.07, 6.45) is 1.05. The number of hydrogen-bond donors (Lipinski definition) is 1. The minimum absolute atomic E-state index is 0.111. The smallest absolute Gasteiger partial charge is 0.160 e. The quantitative estimate of drug-likeness (QED) is 0.735. The molecule has 1 atom stereocenters. The molecule has 0 radical (unpaired) electrons. The second kappa shape index (κ2) is 4.05. The fourth-order valence-corrected chi connectivity index (χ4v) is 2.25. The fraction of sp³-hybridized carbons (Fsp3) is 0.400. The molecule has 2 rings (SSSR count). The predicted octanol–water partition coefficient (Wildman–Crippen LogP) is 3.21. The van der Waals surface area contributed by atoms with Crippen molar-refractivity contribution in [3.63, 3.8) is 0 Å². The van der Waals surface area contributed by atoms with Crippen molar-refractivity contribution >= 4 is 23.2 Å². The SMILES string of the molecule is Fc1c(Cl)cc(C2CCNC2)cc1Cl. The molecule has 1 saturated heterocycles. The summed E-state index contributed by atoms with van der Waals surface area (Å²) in [6, 6.07) is 3.33. The molecule has 0 aliphatic carbocycles. The molecular formula is C10H10Cl2FN. The van der Waals surface area contributed by atoms with Crippen molar-refractivity contribution < 1.29 is 4.39 Å². The second-order valence-electron chi connectivity index (χ2n) is 3.49. The first-order valence-corrected chi connectivity index (χ1v) is 5.29. The first-order chi connectivity index (χ1) is 6.68. The van der Waals surface area contributed by atoms with Gasteiger partial charge in [-0.05, 0) is 36.6 Å². The summed E-state index contributed by atoms with van der Waals surface area (Å²) in [4.78, 5) is 0. The van der Waals surface area contributed by atoms with Gasteiger partial charge in [0.05, 0.1) is 10.0 Å². The van der Waals surface area contributed by atoms with Crippen LogP contribution in [0.2, 0.25) is 10.0 Å². The Morgan fingerprint density at radius 3 is 2.43 bits per heavy atom. The van der Waals surface area contributed by atoms with Crippen LogP contribution in [-0.2, 0) is 0 Å². The molecule has 1 heterocycles. The van der Waals surface area contributed by atoms with E-state index in [1.165, 1.54) is 0 Å². The first-order valence-electron chi connectivity index (χ1n) is 4.53. The van der Waals surface area contributed by atoms with Crippen LogP contribution in [0.5, 0.6) is 0 Å². The average molecular weight is 234 g/mol. The lowest BCUT2D eigenvalue weighted by molar-refractivity contribution is 0.626. The van der Waals surface area contributed by atoms with Crippen molar-refractivity contribution in [2.24, 2.45) is 0 Å². The minimum atomic E-state index is -0.525. The van der Waals surface area contributed by atoms with Crippen molar-refractivity contribution in [1.29, 1.82) is 0 Å². The third-order valence-electron chi connectivity index (χ3n) is 2.54. The van der Waals surface area contributed by atoms with E-state index < -0.39 is 5.82 Å². The van der Waals surface area contributed by atoms with Gasteiger partial charge < -0.3 is 5.32 Å². The normalized spacial score (nSPS) is 21.5. The maximum atomic E-state index is 13.1. The molecule has 1 nitrogen and oxygen atoms in total. The van der Waals surface area contributed by atoms with Gasteiger partial charge >= 0.3 is 0 Å². The molecule has 14 heavy (non-hydrogen) atoms. The zero-order chi connectivity index (χ0) is 10.1. The van der Waals surface area contributed by atoms with E-state index in [-0.39, 0.29) is 10.0 Å². The van der Waals surface area contributed by atoms with Gasteiger partial charge in [0.2, 0.25) is 0 Å². The molecule has 1 aromatic carbocycles. The Balaban J connectivity index is 2.34. The van der Waals surface area contributed by atoms with Crippen LogP contribution in [0.4, 0.5) is 4.39 Å². The summed E-state index contributed by atoms with van der Waals surface area (Å²) < 4.78 is 13.1. The van der Waals surface area contributed by atoms with E-state index in [0.29, 0.717) is 5.92 Å². The summed E-state index contributed by atoms with van der Waals surface area (Å²) in [7, 11) is 0. The lowest BCUT2D eigenvalue weighted by atomic mass is 9.98. The molecule has 0 bridgehead atoms. The Labute approximate surface area is 92.2 Å². The van der Waals surface area contributed by atoms with Crippen molar-refractivity contribution in [1.82, 2.24) is 5.32 Å². The molecule has 4 heteroatoms. The van der Waals surface area contributed by atoms with Crippen molar-refractivity contribution in [2.75, 3.05) is 13.1 Å². The number of hydrogen-bond acceptors (Lipinski definition) is 1. The molecule has 0 aromatic heterocycles. The molecule has 1 aliphatic heterocycles. The fourth-order valence-electron chi connectivity index (χ4n) is 1.75. The van der Waals surface area contributed by atoms with Crippen LogP contribution < -0.4 is 5.32 Å². The summed E-state index contributed by atoms with van der Waals surface area (Å²) in [5, 5.41) is 3.47. The molecule has 1 unspecified atom stereocenters. The Hall–Kier alpha value is -0.310. The van der Waals surface area contributed by atoms with Crippen LogP contribution in [0, 0.1) is 5.82 Å². The Morgan fingerprint density at radius 1 is 1.29 bits per heavy atom. The van der Waals surface area contributed by atoms with Crippen LogP contribution in [0.15, 0.2) is 12.1 Å². The molecule has 1 aromatic rings. The maximum Gasteiger partial charge on any atom is 0.160 e. The van der Waals surface area contributed by atoms with E-state index >= 15 is 0 Å². The van der Waals surface area contributed by atoms with Gasteiger partial charge in [0.25, 0.3) is 0 Å². The number of benzene rings is 1. The van der Waals surface area contributed by atoms with Gasteiger partial charge in [-0.1, -0.05) is 23.2 Å². The summed E-state index contributed by atoms with van der Waals surface area (Å²) in [6.45, 7) is 1.91. The van der Waals surface area contributed by atoms with Crippen molar-refractivity contribution in [2.45, 2.75) is 12.3 Å². The third kappa shape index (κ3) is 1.88. The molecule has 0 spiro atoms. The van der Waals surface area contributed by atoms with E-state index in [1.54, 1.807) is 12.1 Å². The maximum absolute atomic E-state index is 13.1. The van der Waals surface area contributed by atoms with Gasteiger partial charge in [0.15, 0.2) is 5.82 Å². The highest BCUT2D eigenvalue weighted by Gasteiger charge is 2.19. The highest BCUT2D eigenvalue weighted by Crippen LogP contribution is 2.30. The zero-order valence-electron chi connectivity index (χ0n) is 7.49. The van der Waals surface area contributed by atoms with Crippen LogP contribution in [-0.4, -0.2) is 13.1 Å². The summed E-state index contributed by atoms with van der Waals surface area (Å²) in [5.41, 5.74) is 1.02. The van der Waals surface area contributed by atoms with Crippen LogP contribution in [0.1, 0.15) is 17.9 Å². The molecule has 1 N–H and O–H groups in total. The van der Waals surface area contributed by atoms with Crippen LogP contribution >= 0.6 is 23.2 Å². The summed E-state index contributed by atoms with van der Waals surface area (Å²) >= 11 is 11.4. The van der Waals surface area contributed by atoms with E-state index in [0.717, 1.165) is 25.1 Å². The standard InChI is InChI=1S/C10H10Cl2FN/c11-8-3-7(4-9(12)10(8)13)6-1-2-14-5-6/h3-4,6,14H,1-2,5H2. The van der Waals surface area contributed by atoms with E-state index in [4.69, 9.17) is 23.2 Å².